The van der Waals surface area contributed by atoms with E-state index in [-0.39, 0.29) is 22.2 Å². The molecule has 1 aromatic heterocycles. The largest absolute Gasteiger partial charge is 0.503 e. The zero-order chi connectivity index (χ0) is 27.9. The average molecular weight is 545 g/mol. The van der Waals surface area contributed by atoms with Gasteiger partial charge in [0.15, 0.2) is 16.7 Å². The van der Waals surface area contributed by atoms with Gasteiger partial charge in [-0.1, -0.05) is 79.5 Å². The molecule has 200 valence electrons. The van der Waals surface area contributed by atoms with E-state index in [1.807, 2.05) is 37.3 Å². The van der Waals surface area contributed by atoms with Crippen LogP contribution in [0.1, 0.15) is 45.9 Å². The fourth-order valence-corrected chi connectivity index (χ4v) is 5.02. The van der Waals surface area contributed by atoms with Gasteiger partial charge >= 0.3 is 5.97 Å². The molecule has 2 heterocycles. The van der Waals surface area contributed by atoms with Gasteiger partial charge in [0.25, 0.3) is 5.91 Å². The predicted molar refractivity (Wildman–Crippen MR) is 150 cm³/mol. The van der Waals surface area contributed by atoms with Gasteiger partial charge in [-0.25, -0.2) is 9.78 Å². The topological polar surface area (TPSA) is 106 Å². The first-order valence-corrected chi connectivity index (χ1v) is 13.2. The van der Waals surface area contributed by atoms with Crippen molar-refractivity contribution in [3.8, 4) is 5.75 Å². The first kappa shape index (κ1) is 27.5. The minimum absolute atomic E-state index is 0.0258. The summed E-state index contributed by atoms with van der Waals surface area (Å²) in [5.74, 6) is -1.95. The molecule has 2 aromatic carbocycles. The van der Waals surface area contributed by atoms with E-state index in [0.717, 1.165) is 23.3 Å². The molecule has 0 aliphatic carbocycles. The summed E-state index contributed by atoms with van der Waals surface area (Å²) in [5, 5.41) is 11.1. The van der Waals surface area contributed by atoms with E-state index >= 15 is 0 Å². The van der Waals surface area contributed by atoms with Gasteiger partial charge in [-0.3, -0.25) is 14.5 Å². The van der Waals surface area contributed by atoms with Crippen LogP contribution in [-0.4, -0.2) is 41.0 Å². The molecule has 4 rings (SSSR count). The van der Waals surface area contributed by atoms with Crippen molar-refractivity contribution in [2.24, 2.45) is 0 Å². The monoisotopic (exact) mass is 544 g/mol. The Balaban J connectivity index is 1.75. The molecule has 1 N–H and O–H groups in total. The van der Waals surface area contributed by atoms with E-state index in [2.05, 4.69) is 11.6 Å². The van der Waals surface area contributed by atoms with Crippen molar-refractivity contribution < 1.29 is 29.0 Å². The van der Waals surface area contributed by atoms with Crippen molar-refractivity contribution in [3.05, 3.63) is 106 Å². The number of anilines is 1. The number of esters is 1. The summed E-state index contributed by atoms with van der Waals surface area (Å²) in [6.45, 7) is 7.74. The van der Waals surface area contributed by atoms with Crippen LogP contribution in [0.4, 0.5) is 5.13 Å². The summed E-state index contributed by atoms with van der Waals surface area (Å²) in [4.78, 5) is 45.2. The number of ether oxygens (including phenoxy) is 2. The van der Waals surface area contributed by atoms with Gasteiger partial charge in [0.2, 0.25) is 0 Å². The third-order valence-electron chi connectivity index (χ3n) is 5.88. The molecule has 1 unspecified atom stereocenters. The van der Waals surface area contributed by atoms with E-state index in [0.29, 0.717) is 23.6 Å². The molecule has 1 amide bonds. The van der Waals surface area contributed by atoms with Gasteiger partial charge < -0.3 is 14.6 Å². The van der Waals surface area contributed by atoms with Crippen LogP contribution in [0.2, 0.25) is 0 Å². The number of carbonyl (C=O) groups excluding carboxylic acids is 3. The Hall–Kier alpha value is -4.50. The Bertz CT molecular complexity index is 1440. The predicted octanol–water partition coefficient (Wildman–Crippen LogP) is 5.77. The number of ketones is 1. The van der Waals surface area contributed by atoms with Crippen molar-refractivity contribution in [2.75, 3.05) is 18.1 Å². The quantitative estimate of drug-likeness (QED) is 0.186. The highest BCUT2D eigenvalue weighted by Crippen LogP contribution is 2.43. The van der Waals surface area contributed by atoms with Crippen molar-refractivity contribution in [2.45, 2.75) is 26.3 Å². The van der Waals surface area contributed by atoms with Gasteiger partial charge in [-0.05, 0) is 42.7 Å². The van der Waals surface area contributed by atoms with Crippen molar-refractivity contribution >= 4 is 40.2 Å². The van der Waals surface area contributed by atoms with E-state index in [1.165, 1.54) is 17.1 Å². The minimum atomic E-state index is -0.978. The van der Waals surface area contributed by atoms with E-state index in [9.17, 15) is 19.5 Å². The third kappa shape index (κ3) is 5.99. The number of nitrogens with zero attached hydrogens (tertiary/aromatic N) is 2. The molecule has 0 fully saturated rings. The average Bonchev–Trinajstić information content (AvgIpc) is 3.46. The normalized spacial score (nSPS) is 15.2. The Morgan fingerprint density at radius 1 is 1.15 bits per heavy atom. The first-order chi connectivity index (χ1) is 18.8. The van der Waals surface area contributed by atoms with E-state index in [4.69, 9.17) is 9.47 Å². The molecule has 0 bridgehead atoms. The number of benzene rings is 2. The standard InChI is InChI=1S/C30H28N2O6S/c1-4-17-37-22-14-12-21(13-15-22)25-24(23(33)16-11-20-9-7-6-8-10-20)26(34)28(35)32(25)30-31-19(3)27(39-30)29(36)38-18-5-2/h5-16,25,34H,2,4,17-18H2,1,3H3. The summed E-state index contributed by atoms with van der Waals surface area (Å²) < 4.78 is 10.8. The van der Waals surface area contributed by atoms with Crippen LogP contribution in [-0.2, 0) is 14.3 Å². The van der Waals surface area contributed by atoms with Crippen LogP contribution < -0.4 is 9.64 Å². The van der Waals surface area contributed by atoms with Gasteiger partial charge in [0.05, 0.1) is 23.9 Å². The Labute approximate surface area is 230 Å². The lowest BCUT2D eigenvalue weighted by molar-refractivity contribution is -0.117. The summed E-state index contributed by atoms with van der Waals surface area (Å²) in [5.41, 5.74) is 1.64. The molecule has 9 heteroatoms. The maximum atomic E-state index is 13.4. The summed E-state index contributed by atoms with van der Waals surface area (Å²) in [6.07, 6.45) is 5.24. The number of aryl methyl sites for hydroxylation is 1. The van der Waals surface area contributed by atoms with Crippen molar-refractivity contribution in [1.82, 2.24) is 4.98 Å². The lowest BCUT2D eigenvalue weighted by atomic mass is 9.95. The van der Waals surface area contributed by atoms with Crippen LogP contribution in [0.25, 0.3) is 6.08 Å². The number of rotatable bonds is 11. The molecule has 1 aliphatic heterocycles. The lowest BCUT2D eigenvalue weighted by Crippen LogP contribution is -2.30. The van der Waals surface area contributed by atoms with Gasteiger partial charge in [-0.15, -0.1) is 0 Å². The number of aromatic nitrogens is 1. The van der Waals surface area contributed by atoms with Gasteiger partial charge in [0, 0.05) is 0 Å². The molecule has 3 aromatic rings. The lowest BCUT2D eigenvalue weighted by Gasteiger charge is -2.24. The minimum Gasteiger partial charge on any atom is -0.503 e. The van der Waals surface area contributed by atoms with Crippen molar-refractivity contribution in [3.63, 3.8) is 0 Å². The maximum Gasteiger partial charge on any atom is 0.350 e. The van der Waals surface area contributed by atoms with E-state index < -0.39 is 29.5 Å². The molecule has 39 heavy (non-hydrogen) atoms. The highest BCUT2D eigenvalue weighted by Gasteiger charge is 2.45. The molecule has 0 saturated carbocycles. The number of allylic oxidation sites excluding steroid dienone is 1. The Morgan fingerprint density at radius 2 is 1.87 bits per heavy atom. The smallest absolute Gasteiger partial charge is 0.350 e. The van der Waals surface area contributed by atoms with E-state index in [1.54, 1.807) is 37.3 Å². The molecule has 0 saturated heterocycles. The second kappa shape index (κ2) is 12.4. The number of carbonyl (C=O) groups is 3. The number of hydrogen-bond donors (Lipinski definition) is 1. The summed E-state index contributed by atoms with van der Waals surface area (Å²) >= 11 is 0.951. The molecule has 1 aliphatic rings. The number of aliphatic hydroxyl groups excluding tert-OH is 1. The molecule has 0 spiro atoms. The van der Waals surface area contributed by atoms with Gasteiger partial charge in [0.1, 0.15) is 17.2 Å². The zero-order valence-electron chi connectivity index (χ0n) is 21.6. The van der Waals surface area contributed by atoms with Crippen LogP contribution >= 0.6 is 11.3 Å². The summed E-state index contributed by atoms with van der Waals surface area (Å²) in [6, 6.07) is 15.2. The number of amides is 1. The molecular weight excluding hydrogens is 516 g/mol. The van der Waals surface area contributed by atoms with Crippen molar-refractivity contribution in [1.29, 1.82) is 0 Å². The van der Waals surface area contributed by atoms with Crippen LogP contribution in [0.3, 0.4) is 0 Å². The fourth-order valence-electron chi connectivity index (χ4n) is 4.04. The zero-order valence-corrected chi connectivity index (χ0v) is 22.4. The number of thiazole rings is 1. The molecule has 0 radical (unpaired) electrons. The highest BCUT2D eigenvalue weighted by molar-refractivity contribution is 7.17. The molecule has 8 nitrogen and oxygen atoms in total. The molecular formula is C30H28N2O6S. The molecule has 1 atom stereocenters. The SMILES string of the molecule is C=CCOC(=O)c1sc(N2C(=O)C(O)=C(C(=O)C=Cc3ccccc3)C2c2ccc(OCCC)cc2)nc1C. The van der Waals surface area contributed by atoms with Crippen LogP contribution in [0, 0.1) is 6.92 Å². The second-order valence-electron chi connectivity index (χ2n) is 8.66. The Morgan fingerprint density at radius 3 is 2.54 bits per heavy atom. The van der Waals surface area contributed by atoms with Crippen LogP contribution in [0.15, 0.2) is 84.7 Å². The highest BCUT2D eigenvalue weighted by atomic mass is 32.1. The number of hydrogen-bond acceptors (Lipinski definition) is 8. The fraction of sp³-hybridized carbons (Fsp3) is 0.200. The number of aliphatic hydroxyl groups is 1. The second-order valence-corrected chi connectivity index (χ2v) is 9.64. The maximum absolute atomic E-state index is 13.4. The Kier molecular flexibility index (Phi) is 8.73. The van der Waals surface area contributed by atoms with Gasteiger partial charge in [-0.2, -0.15) is 0 Å². The third-order valence-corrected chi connectivity index (χ3v) is 7.01. The first-order valence-electron chi connectivity index (χ1n) is 12.4. The van der Waals surface area contributed by atoms with Crippen LogP contribution in [0.5, 0.6) is 5.75 Å². The summed E-state index contributed by atoms with van der Waals surface area (Å²) in [7, 11) is 0.